The second kappa shape index (κ2) is 1.27. The highest BCUT2D eigenvalue weighted by Gasteiger charge is 2.50. The molecule has 0 aromatic heterocycles. The molecule has 1 aliphatic heterocycles. The lowest BCUT2D eigenvalue weighted by Gasteiger charge is -2.15. The molecule has 0 spiro atoms. The standard InChI is InChI=1S/C7H12N/c1-7-2-3-8-5-6(7)4-7/h6H,2-5H2,1H3. The first-order valence-corrected chi connectivity index (χ1v) is 3.44. The minimum atomic E-state index is 0.752. The molecular formula is C7H12N. The van der Waals surface area contributed by atoms with Crippen molar-refractivity contribution in [3.8, 4) is 0 Å². The number of piperidine rings is 1. The van der Waals surface area contributed by atoms with Crippen LogP contribution in [0.1, 0.15) is 19.8 Å². The fraction of sp³-hybridized carbons (Fsp3) is 1.00. The molecule has 8 heavy (non-hydrogen) atoms. The van der Waals surface area contributed by atoms with Crippen LogP contribution in [0.5, 0.6) is 0 Å². The number of fused-ring (bicyclic) bond motifs is 1. The first-order chi connectivity index (χ1) is 3.81. The summed E-state index contributed by atoms with van der Waals surface area (Å²) in [6, 6.07) is 0. The van der Waals surface area contributed by atoms with Crippen LogP contribution < -0.4 is 5.32 Å². The maximum Gasteiger partial charge on any atom is 0.0167 e. The van der Waals surface area contributed by atoms with Gasteiger partial charge in [-0.25, -0.2) is 5.32 Å². The van der Waals surface area contributed by atoms with Gasteiger partial charge in [0.05, 0.1) is 0 Å². The van der Waals surface area contributed by atoms with Gasteiger partial charge < -0.3 is 0 Å². The number of hydrogen-bond acceptors (Lipinski definition) is 0. The molecule has 1 radical (unpaired) electrons. The van der Waals surface area contributed by atoms with Crippen molar-refractivity contribution in [2.75, 3.05) is 13.1 Å². The maximum absolute atomic E-state index is 4.34. The molecule has 2 aliphatic rings. The fourth-order valence-corrected chi connectivity index (χ4v) is 1.68. The Morgan fingerprint density at radius 3 is 3.00 bits per heavy atom. The van der Waals surface area contributed by atoms with Crippen molar-refractivity contribution in [1.29, 1.82) is 0 Å². The van der Waals surface area contributed by atoms with Crippen LogP contribution in [0.25, 0.3) is 0 Å². The smallest absolute Gasteiger partial charge is 0.0167 e. The van der Waals surface area contributed by atoms with Crippen molar-refractivity contribution in [2.24, 2.45) is 11.3 Å². The first-order valence-electron chi connectivity index (χ1n) is 3.44. The number of hydrogen-bond donors (Lipinski definition) is 0. The Balaban J connectivity index is 2.04. The van der Waals surface area contributed by atoms with E-state index in [1.54, 1.807) is 0 Å². The zero-order valence-corrected chi connectivity index (χ0v) is 5.35. The van der Waals surface area contributed by atoms with Gasteiger partial charge in [-0.2, -0.15) is 0 Å². The Kier molecular flexibility index (Phi) is 0.762. The highest BCUT2D eigenvalue weighted by atomic mass is 14.9. The summed E-state index contributed by atoms with van der Waals surface area (Å²) in [7, 11) is 0. The summed E-state index contributed by atoms with van der Waals surface area (Å²) >= 11 is 0. The molecule has 1 saturated heterocycles. The monoisotopic (exact) mass is 110 g/mol. The van der Waals surface area contributed by atoms with Crippen molar-refractivity contribution in [2.45, 2.75) is 19.8 Å². The molecule has 2 rings (SSSR count). The second-order valence-corrected chi connectivity index (χ2v) is 3.43. The summed E-state index contributed by atoms with van der Waals surface area (Å²) in [4.78, 5) is 0. The zero-order chi connectivity index (χ0) is 5.61. The number of rotatable bonds is 0. The van der Waals surface area contributed by atoms with Gasteiger partial charge in [-0.3, -0.25) is 0 Å². The van der Waals surface area contributed by atoms with E-state index >= 15 is 0 Å². The van der Waals surface area contributed by atoms with Gasteiger partial charge in [0.2, 0.25) is 0 Å². The lowest BCUT2D eigenvalue weighted by Crippen LogP contribution is -2.21. The van der Waals surface area contributed by atoms with Crippen molar-refractivity contribution >= 4 is 0 Å². The van der Waals surface area contributed by atoms with Gasteiger partial charge in [0.1, 0.15) is 0 Å². The molecule has 0 amide bonds. The number of nitrogens with zero attached hydrogens (tertiary/aromatic N) is 1. The van der Waals surface area contributed by atoms with Crippen LogP contribution in [-0.2, 0) is 0 Å². The van der Waals surface area contributed by atoms with Crippen LogP contribution in [0.15, 0.2) is 0 Å². The highest BCUT2D eigenvalue weighted by Crippen LogP contribution is 2.55. The second-order valence-electron chi connectivity index (χ2n) is 3.43. The van der Waals surface area contributed by atoms with Crippen LogP contribution in [0.2, 0.25) is 0 Å². The summed E-state index contributed by atoms with van der Waals surface area (Å²) in [5, 5.41) is 4.34. The van der Waals surface area contributed by atoms with Crippen LogP contribution in [0, 0.1) is 11.3 Å². The third kappa shape index (κ3) is 0.510. The van der Waals surface area contributed by atoms with Gasteiger partial charge in [-0.15, -0.1) is 0 Å². The van der Waals surface area contributed by atoms with Crippen molar-refractivity contribution in [3.63, 3.8) is 0 Å². The van der Waals surface area contributed by atoms with Crippen LogP contribution in [-0.4, -0.2) is 13.1 Å². The molecule has 2 fully saturated rings. The van der Waals surface area contributed by atoms with Gasteiger partial charge in [0.25, 0.3) is 0 Å². The predicted molar refractivity (Wildman–Crippen MR) is 32.7 cm³/mol. The molecule has 2 unspecified atom stereocenters. The van der Waals surface area contributed by atoms with Crippen molar-refractivity contribution in [1.82, 2.24) is 5.32 Å². The average molecular weight is 110 g/mol. The van der Waals surface area contributed by atoms with Gasteiger partial charge in [-0.1, -0.05) is 6.92 Å². The molecule has 1 nitrogen and oxygen atoms in total. The molecule has 1 heteroatoms. The van der Waals surface area contributed by atoms with Gasteiger partial charge in [0.15, 0.2) is 0 Å². The van der Waals surface area contributed by atoms with Gasteiger partial charge >= 0.3 is 0 Å². The Morgan fingerprint density at radius 2 is 2.50 bits per heavy atom. The minimum absolute atomic E-state index is 0.752. The van der Waals surface area contributed by atoms with E-state index in [0.29, 0.717) is 0 Å². The van der Waals surface area contributed by atoms with E-state index in [1.165, 1.54) is 12.8 Å². The van der Waals surface area contributed by atoms with E-state index in [0.717, 1.165) is 24.4 Å². The maximum atomic E-state index is 4.34. The molecular weight excluding hydrogens is 98.1 g/mol. The lowest BCUT2D eigenvalue weighted by molar-refractivity contribution is 0.377. The summed E-state index contributed by atoms with van der Waals surface area (Å²) < 4.78 is 0. The van der Waals surface area contributed by atoms with Gasteiger partial charge in [-0.05, 0) is 24.2 Å². The Labute approximate surface area is 50.5 Å². The van der Waals surface area contributed by atoms with E-state index in [1.807, 2.05) is 0 Å². The summed E-state index contributed by atoms with van der Waals surface area (Å²) in [5.41, 5.74) is 0.752. The highest BCUT2D eigenvalue weighted by molar-refractivity contribution is 5.02. The van der Waals surface area contributed by atoms with Crippen LogP contribution >= 0.6 is 0 Å². The van der Waals surface area contributed by atoms with E-state index in [2.05, 4.69) is 12.2 Å². The molecule has 1 saturated carbocycles. The van der Waals surface area contributed by atoms with Crippen LogP contribution in [0.3, 0.4) is 0 Å². The summed E-state index contributed by atoms with van der Waals surface area (Å²) in [6.07, 6.45) is 2.81. The van der Waals surface area contributed by atoms with Crippen molar-refractivity contribution < 1.29 is 0 Å². The van der Waals surface area contributed by atoms with E-state index in [9.17, 15) is 0 Å². The topological polar surface area (TPSA) is 14.1 Å². The van der Waals surface area contributed by atoms with Gasteiger partial charge in [0, 0.05) is 13.1 Å². The molecule has 0 aromatic rings. The minimum Gasteiger partial charge on any atom is -0.241 e. The molecule has 1 heterocycles. The first kappa shape index (κ1) is 4.80. The fourth-order valence-electron chi connectivity index (χ4n) is 1.68. The van der Waals surface area contributed by atoms with E-state index in [-0.39, 0.29) is 0 Å². The normalized spacial score (nSPS) is 52.9. The quantitative estimate of drug-likeness (QED) is 0.442. The van der Waals surface area contributed by atoms with Crippen molar-refractivity contribution in [3.05, 3.63) is 0 Å². The zero-order valence-electron chi connectivity index (χ0n) is 5.35. The van der Waals surface area contributed by atoms with Crippen LogP contribution in [0.4, 0.5) is 0 Å². The third-order valence-corrected chi connectivity index (χ3v) is 2.73. The van der Waals surface area contributed by atoms with E-state index in [4.69, 9.17) is 0 Å². The Morgan fingerprint density at radius 1 is 1.62 bits per heavy atom. The average Bonchev–Trinajstić information content (AvgIpc) is 2.39. The van der Waals surface area contributed by atoms with E-state index < -0.39 is 0 Å². The Bertz CT molecular complexity index is 109. The molecule has 0 N–H and O–H groups in total. The molecule has 45 valence electrons. The summed E-state index contributed by atoms with van der Waals surface area (Å²) in [5.74, 6) is 0.983. The Hall–Kier alpha value is -0.0400. The lowest BCUT2D eigenvalue weighted by atomic mass is 9.99. The predicted octanol–water partition coefficient (Wildman–Crippen LogP) is 1.02. The molecule has 0 aromatic carbocycles. The molecule has 2 atom stereocenters. The molecule has 0 bridgehead atoms. The summed E-state index contributed by atoms with van der Waals surface area (Å²) in [6.45, 7) is 4.69. The largest absolute Gasteiger partial charge is 0.241 e. The molecule has 1 aliphatic carbocycles. The third-order valence-electron chi connectivity index (χ3n) is 2.73. The SMILES string of the molecule is CC12CC[N]CC1C2.